The molecule has 6 heteroatoms. The zero-order chi connectivity index (χ0) is 15.0. The summed E-state index contributed by atoms with van der Waals surface area (Å²) >= 11 is 0. The topological polar surface area (TPSA) is 60.2 Å². The molecule has 0 aliphatic heterocycles. The average molecular weight is 286 g/mol. The van der Waals surface area contributed by atoms with Gasteiger partial charge in [-0.15, -0.1) is 5.10 Å². The summed E-state index contributed by atoms with van der Waals surface area (Å²) in [4.78, 5) is 14.1. The highest BCUT2D eigenvalue weighted by atomic mass is 16.5. The molecule has 1 amide bonds. The third-order valence-electron chi connectivity index (χ3n) is 3.83. The van der Waals surface area contributed by atoms with E-state index < -0.39 is 0 Å². The third-order valence-corrected chi connectivity index (χ3v) is 3.83. The lowest BCUT2D eigenvalue weighted by Gasteiger charge is -2.14. The third kappa shape index (κ3) is 2.49. The van der Waals surface area contributed by atoms with Crippen molar-refractivity contribution in [1.82, 2.24) is 19.9 Å². The largest absolute Gasteiger partial charge is 0.497 e. The van der Waals surface area contributed by atoms with E-state index in [-0.39, 0.29) is 5.91 Å². The van der Waals surface area contributed by atoms with Crippen LogP contribution in [0.5, 0.6) is 5.75 Å². The van der Waals surface area contributed by atoms with Gasteiger partial charge in [-0.2, -0.15) is 0 Å². The Bertz CT molecular complexity index is 659. The standard InChI is InChI=1S/C15H18N4O2/c1-10-14(15(20)18(2)11-4-5-11)16-17-19(10)12-6-8-13(21-3)9-7-12/h6-9,11H,4-5H2,1-3H3. The van der Waals surface area contributed by atoms with Crippen molar-refractivity contribution in [3.05, 3.63) is 35.7 Å². The Balaban J connectivity index is 1.88. The molecule has 0 saturated heterocycles. The van der Waals surface area contributed by atoms with Crippen molar-refractivity contribution in [1.29, 1.82) is 0 Å². The van der Waals surface area contributed by atoms with Crippen LogP contribution >= 0.6 is 0 Å². The van der Waals surface area contributed by atoms with Crippen molar-refractivity contribution in [2.75, 3.05) is 14.2 Å². The van der Waals surface area contributed by atoms with Gasteiger partial charge in [0, 0.05) is 13.1 Å². The molecule has 1 fully saturated rings. The summed E-state index contributed by atoms with van der Waals surface area (Å²) in [6.45, 7) is 1.86. The number of ether oxygens (including phenoxy) is 1. The van der Waals surface area contributed by atoms with Crippen LogP contribution in [0.2, 0.25) is 0 Å². The van der Waals surface area contributed by atoms with Crippen LogP contribution in [0.25, 0.3) is 5.69 Å². The highest BCUT2D eigenvalue weighted by Gasteiger charge is 2.32. The van der Waals surface area contributed by atoms with E-state index >= 15 is 0 Å². The van der Waals surface area contributed by atoms with Crippen molar-refractivity contribution in [2.45, 2.75) is 25.8 Å². The van der Waals surface area contributed by atoms with Gasteiger partial charge in [0.25, 0.3) is 5.91 Å². The van der Waals surface area contributed by atoms with Crippen LogP contribution < -0.4 is 4.74 Å². The van der Waals surface area contributed by atoms with Gasteiger partial charge in [0.15, 0.2) is 5.69 Å². The van der Waals surface area contributed by atoms with Crippen molar-refractivity contribution in [3.8, 4) is 11.4 Å². The fourth-order valence-corrected chi connectivity index (χ4v) is 2.29. The number of benzene rings is 1. The van der Waals surface area contributed by atoms with E-state index in [1.165, 1.54) is 0 Å². The van der Waals surface area contributed by atoms with Gasteiger partial charge in [-0.05, 0) is 44.0 Å². The summed E-state index contributed by atoms with van der Waals surface area (Å²) in [5, 5.41) is 8.16. The second-order valence-electron chi connectivity index (χ2n) is 5.28. The molecular weight excluding hydrogens is 268 g/mol. The minimum absolute atomic E-state index is 0.0604. The number of amides is 1. The van der Waals surface area contributed by atoms with Gasteiger partial charge < -0.3 is 9.64 Å². The number of rotatable bonds is 4. The molecule has 21 heavy (non-hydrogen) atoms. The van der Waals surface area contributed by atoms with Gasteiger partial charge in [0.05, 0.1) is 18.5 Å². The lowest BCUT2D eigenvalue weighted by Crippen LogP contribution is -2.29. The molecule has 0 bridgehead atoms. The number of methoxy groups -OCH3 is 1. The second-order valence-corrected chi connectivity index (χ2v) is 5.28. The summed E-state index contributed by atoms with van der Waals surface area (Å²) in [5.74, 6) is 0.719. The molecule has 1 aliphatic rings. The van der Waals surface area contributed by atoms with E-state index in [1.807, 2.05) is 38.2 Å². The van der Waals surface area contributed by atoms with E-state index in [4.69, 9.17) is 4.74 Å². The van der Waals surface area contributed by atoms with E-state index in [9.17, 15) is 4.79 Å². The normalized spacial score (nSPS) is 14.0. The first-order valence-electron chi connectivity index (χ1n) is 6.95. The van der Waals surface area contributed by atoms with Crippen LogP contribution in [-0.2, 0) is 0 Å². The first kappa shape index (κ1) is 13.6. The second kappa shape index (κ2) is 5.20. The number of carbonyl (C=O) groups is 1. The Kier molecular flexibility index (Phi) is 3.37. The van der Waals surface area contributed by atoms with Crippen molar-refractivity contribution in [2.24, 2.45) is 0 Å². The van der Waals surface area contributed by atoms with E-state index in [0.717, 1.165) is 30.0 Å². The van der Waals surface area contributed by atoms with Crippen molar-refractivity contribution in [3.63, 3.8) is 0 Å². The van der Waals surface area contributed by atoms with Crippen LogP contribution in [0.4, 0.5) is 0 Å². The Hall–Kier alpha value is -2.37. The molecule has 1 heterocycles. The summed E-state index contributed by atoms with van der Waals surface area (Å²) < 4.78 is 6.81. The number of carbonyl (C=O) groups excluding carboxylic acids is 1. The average Bonchev–Trinajstić information content (AvgIpc) is 3.29. The number of aromatic nitrogens is 3. The van der Waals surface area contributed by atoms with Crippen molar-refractivity contribution >= 4 is 5.91 Å². The molecule has 2 aromatic rings. The van der Waals surface area contributed by atoms with Gasteiger partial charge in [0.2, 0.25) is 0 Å². The van der Waals surface area contributed by atoms with Gasteiger partial charge in [-0.1, -0.05) is 5.21 Å². The fourth-order valence-electron chi connectivity index (χ4n) is 2.29. The number of hydrogen-bond acceptors (Lipinski definition) is 4. The molecule has 110 valence electrons. The maximum atomic E-state index is 12.4. The van der Waals surface area contributed by atoms with Gasteiger partial charge in [0.1, 0.15) is 5.75 Å². The molecular formula is C15H18N4O2. The summed E-state index contributed by atoms with van der Waals surface area (Å²) in [6.07, 6.45) is 2.15. The molecule has 0 N–H and O–H groups in total. The first-order valence-corrected chi connectivity index (χ1v) is 6.95. The molecule has 0 radical (unpaired) electrons. The minimum atomic E-state index is -0.0604. The zero-order valence-electron chi connectivity index (χ0n) is 12.4. The summed E-state index contributed by atoms with van der Waals surface area (Å²) in [6, 6.07) is 7.85. The lowest BCUT2D eigenvalue weighted by molar-refractivity contribution is 0.0778. The molecule has 1 aromatic heterocycles. The highest BCUT2D eigenvalue weighted by molar-refractivity contribution is 5.93. The number of hydrogen-bond donors (Lipinski definition) is 0. The fraction of sp³-hybridized carbons (Fsp3) is 0.400. The van der Waals surface area contributed by atoms with Crippen LogP contribution in [0, 0.1) is 6.92 Å². The minimum Gasteiger partial charge on any atom is -0.497 e. The maximum Gasteiger partial charge on any atom is 0.276 e. The molecule has 1 aliphatic carbocycles. The predicted molar refractivity (Wildman–Crippen MR) is 77.8 cm³/mol. The lowest BCUT2D eigenvalue weighted by atomic mass is 10.2. The van der Waals surface area contributed by atoms with Crippen molar-refractivity contribution < 1.29 is 9.53 Å². The van der Waals surface area contributed by atoms with E-state index in [1.54, 1.807) is 16.7 Å². The smallest absolute Gasteiger partial charge is 0.276 e. The SMILES string of the molecule is COc1ccc(-n2nnc(C(=O)N(C)C3CC3)c2C)cc1. The molecule has 0 unspecified atom stereocenters. The van der Waals surface area contributed by atoms with Gasteiger partial charge in [-0.3, -0.25) is 4.79 Å². The summed E-state index contributed by atoms with van der Waals surface area (Å²) in [7, 11) is 3.45. The monoisotopic (exact) mass is 286 g/mol. The predicted octanol–water partition coefficient (Wildman–Crippen LogP) is 1.82. The Morgan fingerprint density at radius 2 is 2.00 bits per heavy atom. The van der Waals surface area contributed by atoms with Gasteiger partial charge in [-0.25, -0.2) is 4.68 Å². The molecule has 3 rings (SSSR count). The summed E-state index contributed by atoms with van der Waals surface area (Å²) in [5.41, 5.74) is 2.02. The molecule has 1 saturated carbocycles. The van der Waals surface area contributed by atoms with Gasteiger partial charge >= 0.3 is 0 Å². The molecule has 0 spiro atoms. The number of nitrogens with zero attached hydrogens (tertiary/aromatic N) is 4. The molecule has 6 nitrogen and oxygen atoms in total. The molecule has 0 atom stereocenters. The Labute approximate surface area is 123 Å². The maximum absolute atomic E-state index is 12.4. The van der Waals surface area contributed by atoms with Crippen LogP contribution in [-0.4, -0.2) is 46.0 Å². The Morgan fingerprint density at radius 1 is 1.33 bits per heavy atom. The highest BCUT2D eigenvalue weighted by Crippen LogP contribution is 2.27. The van der Waals surface area contributed by atoms with Crippen LogP contribution in [0.1, 0.15) is 29.0 Å². The van der Waals surface area contributed by atoms with E-state index in [2.05, 4.69) is 10.3 Å². The van der Waals surface area contributed by atoms with Crippen LogP contribution in [0.15, 0.2) is 24.3 Å². The van der Waals surface area contributed by atoms with Crippen LogP contribution in [0.3, 0.4) is 0 Å². The zero-order valence-corrected chi connectivity index (χ0v) is 12.4. The quantitative estimate of drug-likeness (QED) is 0.860. The van der Waals surface area contributed by atoms with E-state index in [0.29, 0.717) is 11.7 Å². The first-order chi connectivity index (χ1) is 10.1. The Morgan fingerprint density at radius 3 is 2.57 bits per heavy atom. The molecule has 1 aromatic carbocycles.